The van der Waals surface area contributed by atoms with Crippen molar-refractivity contribution >= 4 is 22.7 Å². The van der Waals surface area contributed by atoms with Gasteiger partial charge in [-0.3, -0.25) is 0 Å². The first-order valence-electron chi connectivity index (χ1n) is 11.4. The number of nitrogens with zero attached hydrogens (tertiary/aromatic N) is 2. The lowest BCUT2D eigenvalue weighted by molar-refractivity contribution is 0.446. The van der Waals surface area contributed by atoms with Gasteiger partial charge in [-0.2, -0.15) is 0 Å². The van der Waals surface area contributed by atoms with Gasteiger partial charge in [0.2, 0.25) is 0 Å². The fourth-order valence-electron chi connectivity index (χ4n) is 3.94. The SMILES string of the molecule is CC(c1nc(-c2ccc(O)c(C(C)(C)C)c2)cs1)c1nc(-c2ccc(O)c(C(C)(C)C)c2)cs1. The van der Waals surface area contributed by atoms with E-state index in [-0.39, 0.29) is 16.7 Å². The molecule has 4 rings (SSSR count). The van der Waals surface area contributed by atoms with Crippen molar-refractivity contribution in [3.05, 3.63) is 68.3 Å². The molecule has 0 atom stereocenters. The summed E-state index contributed by atoms with van der Waals surface area (Å²) < 4.78 is 0. The van der Waals surface area contributed by atoms with Crippen LogP contribution in [0.4, 0.5) is 0 Å². The summed E-state index contributed by atoms with van der Waals surface area (Å²) in [6.45, 7) is 14.7. The van der Waals surface area contributed by atoms with Gasteiger partial charge in [-0.15, -0.1) is 22.7 Å². The van der Waals surface area contributed by atoms with Gasteiger partial charge in [0, 0.05) is 21.9 Å². The molecular weight excluding hydrogens is 460 g/mol. The Balaban J connectivity index is 1.61. The number of phenols is 2. The fourth-order valence-corrected chi connectivity index (χ4v) is 5.79. The Morgan fingerprint density at radius 1 is 0.676 bits per heavy atom. The Morgan fingerprint density at radius 3 is 1.41 bits per heavy atom. The minimum Gasteiger partial charge on any atom is -0.508 e. The van der Waals surface area contributed by atoms with Gasteiger partial charge in [0.1, 0.15) is 21.5 Å². The highest BCUT2D eigenvalue weighted by Crippen LogP contribution is 2.38. The van der Waals surface area contributed by atoms with Crippen LogP contribution in [0.1, 0.15) is 75.5 Å². The Kier molecular flexibility index (Phi) is 6.34. The van der Waals surface area contributed by atoms with Gasteiger partial charge in [-0.1, -0.05) is 41.5 Å². The first kappa shape index (κ1) is 24.4. The van der Waals surface area contributed by atoms with Gasteiger partial charge >= 0.3 is 0 Å². The maximum absolute atomic E-state index is 10.3. The van der Waals surface area contributed by atoms with Gasteiger partial charge < -0.3 is 10.2 Å². The molecule has 0 bridgehead atoms. The molecule has 2 aromatic heterocycles. The van der Waals surface area contributed by atoms with Crippen molar-refractivity contribution in [3.63, 3.8) is 0 Å². The lowest BCUT2D eigenvalue weighted by atomic mass is 9.85. The smallest absolute Gasteiger partial charge is 0.119 e. The van der Waals surface area contributed by atoms with Crippen molar-refractivity contribution in [2.45, 2.75) is 65.2 Å². The highest BCUT2D eigenvalue weighted by molar-refractivity contribution is 7.11. The van der Waals surface area contributed by atoms with Gasteiger partial charge in [0.15, 0.2) is 0 Å². The van der Waals surface area contributed by atoms with Crippen molar-refractivity contribution in [2.75, 3.05) is 0 Å². The molecule has 0 amide bonds. The van der Waals surface area contributed by atoms with E-state index in [9.17, 15) is 10.2 Å². The van der Waals surface area contributed by atoms with Crippen LogP contribution < -0.4 is 0 Å². The number of benzene rings is 2. The van der Waals surface area contributed by atoms with E-state index in [2.05, 4.69) is 59.2 Å². The standard InChI is InChI=1S/C28H32N2O2S2/c1-16(25-29-21(14-33-25)17-8-10-23(31)19(12-17)27(2,3)4)26-30-22(15-34-26)18-9-11-24(32)20(13-18)28(5,6)7/h8-16,31-32H,1-7H3. The third-order valence-corrected chi connectivity index (χ3v) is 8.04. The van der Waals surface area contributed by atoms with E-state index in [0.717, 1.165) is 43.7 Å². The second-order valence-electron chi connectivity index (χ2n) is 10.8. The molecule has 2 aromatic carbocycles. The summed E-state index contributed by atoms with van der Waals surface area (Å²) in [4.78, 5) is 9.84. The summed E-state index contributed by atoms with van der Waals surface area (Å²) in [5, 5.41) is 26.8. The summed E-state index contributed by atoms with van der Waals surface area (Å²) in [5.74, 6) is 0.717. The third kappa shape index (κ3) is 4.89. The predicted molar refractivity (Wildman–Crippen MR) is 143 cm³/mol. The molecule has 178 valence electrons. The van der Waals surface area contributed by atoms with Gasteiger partial charge in [0.05, 0.1) is 17.3 Å². The van der Waals surface area contributed by atoms with Crippen molar-refractivity contribution in [1.82, 2.24) is 9.97 Å². The van der Waals surface area contributed by atoms with Crippen LogP contribution in [0.15, 0.2) is 47.2 Å². The van der Waals surface area contributed by atoms with Gasteiger partial charge in [-0.25, -0.2) is 9.97 Å². The normalized spacial score (nSPS) is 12.5. The number of hydrogen-bond acceptors (Lipinski definition) is 6. The highest BCUT2D eigenvalue weighted by atomic mass is 32.1. The molecule has 34 heavy (non-hydrogen) atoms. The Hall–Kier alpha value is -2.70. The second kappa shape index (κ2) is 8.82. The minimum atomic E-state index is -0.148. The molecule has 2 heterocycles. The van der Waals surface area contributed by atoms with Crippen LogP contribution in [0.25, 0.3) is 22.5 Å². The van der Waals surface area contributed by atoms with Crippen molar-refractivity contribution in [2.24, 2.45) is 0 Å². The van der Waals surface area contributed by atoms with E-state index in [1.54, 1.807) is 34.8 Å². The van der Waals surface area contributed by atoms with E-state index >= 15 is 0 Å². The van der Waals surface area contributed by atoms with Crippen LogP contribution in [0.2, 0.25) is 0 Å². The van der Waals surface area contributed by atoms with Crippen LogP contribution in [-0.2, 0) is 10.8 Å². The summed E-state index contributed by atoms with van der Waals surface area (Å²) in [5.41, 5.74) is 5.40. The van der Waals surface area contributed by atoms with Crippen molar-refractivity contribution in [1.29, 1.82) is 0 Å². The largest absolute Gasteiger partial charge is 0.508 e. The first-order chi connectivity index (χ1) is 15.8. The number of hydrogen-bond donors (Lipinski definition) is 2. The van der Waals surface area contributed by atoms with E-state index < -0.39 is 0 Å². The summed E-state index contributed by atoms with van der Waals surface area (Å²) in [7, 11) is 0. The van der Waals surface area contributed by atoms with Gasteiger partial charge in [0.25, 0.3) is 0 Å². The van der Waals surface area contributed by atoms with Crippen LogP contribution in [0, 0.1) is 0 Å². The maximum atomic E-state index is 10.3. The lowest BCUT2D eigenvalue weighted by Crippen LogP contribution is -2.11. The maximum Gasteiger partial charge on any atom is 0.119 e. The highest BCUT2D eigenvalue weighted by Gasteiger charge is 2.22. The molecule has 0 spiro atoms. The predicted octanol–water partition coefficient (Wildman–Crippen LogP) is 8.09. The first-order valence-corrected chi connectivity index (χ1v) is 13.2. The topological polar surface area (TPSA) is 66.2 Å². The monoisotopic (exact) mass is 492 g/mol. The quantitative estimate of drug-likeness (QED) is 0.302. The summed E-state index contributed by atoms with van der Waals surface area (Å²) in [6.07, 6.45) is 0. The molecule has 0 aliphatic carbocycles. The van der Waals surface area contributed by atoms with E-state index in [1.807, 2.05) is 24.3 Å². The summed E-state index contributed by atoms with van der Waals surface area (Å²) >= 11 is 3.28. The minimum absolute atomic E-state index is 0.0795. The van der Waals surface area contributed by atoms with Crippen LogP contribution >= 0.6 is 22.7 Å². The molecule has 0 radical (unpaired) electrons. The molecular formula is C28H32N2O2S2. The zero-order valence-corrected chi connectivity index (χ0v) is 22.4. The second-order valence-corrected chi connectivity index (χ2v) is 12.6. The zero-order valence-electron chi connectivity index (χ0n) is 20.8. The van der Waals surface area contributed by atoms with Crippen LogP contribution in [0.3, 0.4) is 0 Å². The number of thiazole rings is 2. The average molecular weight is 493 g/mol. The number of rotatable bonds is 4. The van der Waals surface area contributed by atoms with Crippen LogP contribution in [0.5, 0.6) is 11.5 Å². The van der Waals surface area contributed by atoms with Gasteiger partial charge in [-0.05, 0) is 65.3 Å². The van der Waals surface area contributed by atoms with Crippen LogP contribution in [-0.4, -0.2) is 20.2 Å². The zero-order chi connectivity index (χ0) is 24.8. The van der Waals surface area contributed by atoms with E-state index in [0.29, 0.717) is 11.5 Å². The molecule has 0 saturated carbocycles. The molecule has 0 aliphatic rings. The van der Waals surface area contributed by atoms with E-state index in [1.165, 1.54) is 0 Å². The molecule has 0 unspecified atom stereocenters. The molecule has 0 fully saturated rings. The summed E-state index contributed by atoms with van der Waals surface area (Å²) in [6, 6.07) is 11.4. The Morgan fingerprint density at radius 2 is 1.06 bits per heavy atom. The molecule has 4 aromatic rings. The lowest BCUT2D eigenvalue weighted by Gasteiger charge is -2.21. The molecule has 0 saturated heterocycles. The Bertz CT molecular complexity index is 1220. The Labute approximate surface area is 210 Å². The molecule has 6 heteroatoms. The van der Waals surface area contributed by atoms with E-state index in [4.69, 9.17) is 9.97 Å². The fraction of sp³-hybridized carbons (Fsp3) is 0.357. The number of aromatic nitrogens is 2. The number of phenolic OH excluding ortho intramolecular Hbond substituents is 2. The molecule has 0 aliphatic heterocycles. The molecule has 2 N–H and O–H groups in total. The van der Waals surface area contributed by atoms with Crippen molar-refractivity contribution < 1.29 is 10.2 Å². The third-order valence-electron chi connectivity index (χ3n) is 5.99. The average Bonchev–Trinajstić information content (AvgIpc) is 3.43. The molecule has 4 nitrogen and oxygen atoms in total. The number of aromatic hydroxyl groups is 2. The van der Waals surface area contributed by atoms with Crippen molar-refractivity contribution in [3.8, 4) is 34.0 Å².